The largest absolute Gasteiger partial charge is 0.358 e. The van der Waals surface area contributed by atoms with E-state index >= 15 is 0 Å². The van der Waals surface area contributed by atoms with Crippen molar-refractivity contribution in [1.82, 2.24) is 10.3 Å². The van der Waals surface area contributed by atoms with Gasteiger partial charge in [-0.15, -0.1) is 11.3 Å². The highest BCUT2D eigenvalue weighted by atomic mass is 35.5. The van der Waals surface area contributed by atoms with Crippen molar-refractivity contribution in [3.8, 4) is 0 Å². The molecule has 0 radical (unpaired) electrons. The molecule has 2 heterocycles. The summed E-state index contributed by atoms with van der Waals surface area (Å²) in [5.41, 5.74) is 1.11. The number of rotatable bonds is 7. The number of aromatic nitrogens is 1. The number of thiophene rings is 1. The summed E-state index contributed by atoms with van der Waals surface area (Å²) in [7, 11) is 2.04. The lowest BCUT2D eigenvalue weighted by molar-refractivity contribution is 0.588. The zero-order valence-electron chi connectivity index (χ0n) is 12.8. The molecule has 1 N–H and O–H groups in total. The lowest BCUT2D eigenvalue weighted by atomic mass is 10.2. The Balaban J connectivity index is 1.95. The van der Waals surface area contributed by atoms with E-state index in [-0.39, 0.29) is 0 Å². The van der Waals surface area contributed by atoms with E-state index in [0.29, 0.717) is 11.1 Å². The normalized spacial score (nSPS) is 11.1. The van der Waals surface area contributed by atoms with E-state index < -0.39 is 0 Å². The highest BCUT2D eigenvalue weighted by Crippen LogP contribution is 2.23. The van der Waals surface area contributed by atoms with Crippen LogP contribution < -0.4 is 10.2 Å². The predicted octanol–water partition coefficient (Wildman–Crippen LogP) is 3.97. The van der Waals surface area contributed by atoms with Gasteiger partial charge in [-0.3, -0.25) is 0 Å². The van der Waals surface area contributed by atoms with Crippen molar-refractivity contribution in [2.24, 2.45) is 0 Å². The second-order valence-electron chi connectivity index (χ2n) is 5.44. The summed E-state index contributed by atoms with van der Waals surface area (Å²) in [5.74, 6) is 0.849. The average Bonchev–Trinajstić information content (AvgIpc) is 2.96. The molecule has 5 heteroatoms. The maximum atomic E-state index is 6.37. The highest BCUT2D eigenvalue weighted by molar-refractivity contribution is 7.09. The fourth-order valence-corrected chi connectivity index (χ4v) is 3.04. The Labute approximate surface area is 136 Å². The number of likely N-dealkylation sites (N-methyl/N-ethyl adjacent to an activating group) is 1. The van der Waals surface area contributed by atoms with Gasteiger partial charge in [0.2, 0.25) is 0 Å². The molecule has 0 aromatic carbocycles. The van der Waals surface area contributed by atoms with Crippen LogP contribution in [0.1, 0.15) is 24.3 Å². The van der Waals surface area contributed by atoms with Crippen LogP contribution >= 0.6 is 22.9 Å². The van der Waals surface area contributed by atoms with Crippen LogP contribution in [0.5, 0.6) is 0 Å². The minimum absolute atomic E-state index is 0.455. The fourth-order valence-electron chi connectivity index (χ4n) is 2.01. The molecule has 2 rings (SSSR count). The summed E-state index contributed by atoms with van der Waals surface area (Å²) in [6, 6.07) is 6.70. The standard InChI is InChI=1S/C16H22ClN3S/c1-12(2)18-10-13-9-15(17)16(19-11-13)20(3)7-6-14-5-4-8-21-14/h4-5,8-9,11-12,18H,6-7,10H2,1-3H3. The van der Waals surface area contributed by atoms with Crippen LogP contribution in [-0.2, 0) is 13.0 Å². The summed E-state index contributed by atoms with van der Waals surface area (Å²) < 4.78 is 0. The summed E-state index contributed by atoms with van der Waals surface area (Å²) in [4.78, 5) is 8.01. The van der Waals surface area contributed by atoms with Crippen molar-refractivity contribution in [3.05, 3.63) is 45.2 Å². The Kier molecular flexibility index (Phi) is 6.03. The van der Waals surface area contributed by atoms with Crippen molar-refractivity contribution in [2.75, 3.05) is 18.5 Å². The smallest absolute Gasteiger partial charge is 0.147 e. The van der Waals surface area contributed by atoms with Gasteiger partial charge in [-0.1, -0.05) is 31.5 Å². The first-order chi connectivity index (χ1) is 10.1. The molecule has 21 heavy (non-hydrogen) atoms. The molecule has 0 bridgehead atoms. The molecule has 3 nitrogen and oxygen atoms in total. The summed E-state index contributed by atoms with van der Waals surface area (Å²) in [6.07, 6.45) is 2.92. The second-order valence-corrected chi connectivity index (χ2v) is 6.87. The first-order valence-electron chi connectivity index (χ1n) is 7.17. The molecule has 0 saturated carbocycles. The van der Waals surface area contributed by atoms with Gasteiger partial charge in [-0.25, -0.2) is 4.98 Å². The van der Waals surface area contributed by atoms with Crippen molar-refractivity contribution in [1.29, 1.82) is 0 Å². The van der Waals surface area contributed by atoms with Crippen molar-refractivity contribution >= 4 is 28.8 Å². The molecule has 0 unspecified atom stereocenters. The van der Waals surface area contributed by atoms with E-state index in [4.69, 9.17) is 11.6 Å². The third-order valence-corrected chi connectivity index (χ3v) is 4.44. The van der Waals surface area contributed by atoms with Gasteiger partial charge in [0, 0.05) is 37.3 Å². The number of pyridine rings is 1. The maximum Gasteiger partial charge on any atom is 0.147 e. The van der Waals surface area contributed by atoms with Crippen LogP contribution in [0.25, 0.3) is 0 Å². The van der Waals surface area contributed by atoms with Crippen LogP contribution in [-0.4, -0.2) is 24.6 Å². The van der Waals surface area contributed by atoms with Gasteiger partial charge < -0.3 is 10.2 Å². The monoisotopic (exact) mass is 323 g/mol. The molecule has 0 aliphatic carbocycles. The lowest BCUT2D eigenvalue weighted by Crippen LogP contribution is -2.23. The zero-order valence-corrected chi connectivity index (χ0v) is 14.3. The number of halogens is 1. The number of hydrogen-bond acceptors (Lipinski definition) is 4. The van der Waals surface area contributed by atoms with E-state index in [1.54, 1.807) is 11.3 Å². The number of nitrogens with one attached hydrogen (secondary N) is 1. The average molecular weight is 324 g/mol. The Morgan fingerprint density at radius 1 is 1.43 bits per heavy atom. The molecule has 0 atom stereocenters. The molecule has 0 spiro atoms. The molecule has 0 amide bonds. The predicted molar refractivity (Wildman–Crippen MR) is 92.5 cm³/mol. The van der Waals surface area contributed by atoms with Gasteiger partial charge in [0.15, 0.2) is 0 Å². The van der Waals surface area contributed by atoms with Gasteiger partial charge in [0.25, 0.3) is 0 Å². The third kappa shape index (κ3) is 4.99. The Hall–Kier alpha value is -1.10. The van der Waals surface area contributed by atoms with Gasteiger partial charge in [-0.05, 0) is 29.5 Å². The van der Waals surface area contributed by atoms with Crippen molar-refractivity contribution in [3.63, 3.8) is 0 Å². The SMILES string of the molecule is CC(C)NCc1cnc(N(C)CCc2cccs2)c(Cl)c1. The minimum atomic E-state index is 0.455. The Morgan fingerprint density at radius 3 is 2.86 bits per heavy atom. The summed E-state index contributed by atoms with van der Waals surface area (Å²) in [5, 5.41) is 6.19. The first-order valence-corrected chi connectivity index (χ1v) is 8.43. The molecular weight excluding hydrogens is 302 g/mol. The summed E-state index contributed by atoms with van der Waals surface area (Å²) in [6.45, 7) is 5.96. The molecule has 0 aliphatic heterocycles. The summed E-state index contributed by atoms with van der Waals surface area (Å²) >= 11 is 8.16. The van der Waals surface area contributed by atoms with Gasteiger partial charge >= 0.3 is 0 Å². The molecule has 0 fully saturated rings. The van der Waals surface area contributed by atoms with Crippen LogP contribution in [0.3, 0.4) is 0 Å². The number of hydrogen-bond donors (Lipinski definition) is 1. The zero-order chi connectivity index (χ0) is 15.2. The topological polar surface area (TPSA) is 28.2 Å². The van der Waals surface area contributed by atoms with Crippen LogP contribution in [0.2, 0.25) is 5.02 Å². The van der Waals surface area contributed by atoms with Gasteiger partial charge in [-0.2, -0.15) is 0 Å². The maximum absolute atomic E-state index is 6.37. The molecule has 114 valence electrons. The Bertz CT molecular complexity index is 555. The van der Waals surface area contributed by atoms with E-state index in [1.165, 1.54) is 4.88 Å². The third-order valence-electron chi connectivity index (χ3n) is 3.23. The van der Waals surface area contributed by atoms with Crippen molar-refractivity contribution < 1.29 is 0 Å². The van der Waals surface area contributed by atoms with Gasteiger partial charge in [0.05, 0.1) is 5.02 Å². The van der Waals surface area contributed by atoms with E-state index in [9.17, 15) is 0 Å². The minimum Gasteiger partial charge on any atom is -0.358 e. The van der Waals surface area contributed by atoms with Crippen LogP contribution in [0.4, 0.5) is 5.82 Å². The molecule has 2 aromatic heterocycles. The number of anilines is 1. The van der Waals surface area contributed by atoms with E-state index in [1.807, 2.05) is 19.3 Å². The quantitative estimate of drug-likeness (QED) is 0.835. The molecule has 0 aliphatic rings. The van der Waals surface area contributed by atoms with E-state index in [0.717, 1.165) is 30.9 Å². The number of nitrogens with zero attached hydrogens (tertiary/aromatic N) is 2. The van der Waals surface area contributed by atoms with Crippen LogP contribution in [0.15, 0.2) is 29.8 Å². The highest BCUT2D eigenvalue weighted by Gasteiger charge is 2.09. The molecular formula is C16H22ClN3S. The van der Waals surface area contributed by atoms with E-state index in [2.05, 4.69) is 46.6 Å². The van der Waals surface area contributed by atoms with Crippen LogP contribution in [0, 0.1) is 0 Å². The molecule has 0 saturated heterocycles. The molecule has 2 aromatic rings. The van der Waals surface area contributed by atoms with Gasteiger partial charge in [0.1, 0.15) is 5.82 Å². The first kappa shape index (κ1) is 16.3. The Morgan fingerprint density at radius 2 is 2.24 bits per heavy atom. The fraction of sp³-hybridized carbons (Fsp3) is 0.438. The van der Waals surface area contributed by atoms with Crippen molar-refractivity contribution in [2.45, 2.75) is 32.9 Å². The lowest BCUT2D eigenvalue weighted by Gasteiger charge is -2.19. The second kappa shape index (κ2) is 7.78.